The van der Waals surface area contributed by atoms with Crippen molar-refractivity contribution in [2.24, 2.45) is 5.92 Å². The maximum atomic E-state index is 12.4. The highest BCUT2D eigenvalue weighted by Gasteiger charge is 2.44. The lowest BCUT2D eigenvalue weighted by Gasteiger charge is -2.08. The summed E-state index contributed by atoms with van der Waals surface area (Å²) in [6, 6.07) is 7.42. The summed E-state index contributed by atoms with van der Waals surface area (Å²) in [7, 11) is 0. The quantitative estimate of drug-likeness (QED) is 0.817. The molecule has 1 N–H and O–H groups in total. The van der Waals surface area contributed by atoms with E-state index in [0.29, 0.717) is 10.0 Å². The Morgan fingerprint density at radius 1 is 1.35 bits per heavy atom. The van der Waals surface area contributed by atoms with Crippen LogP contribution in [-0.4, -0.2) is 15.7 Å². The van der Waals surface area contributed by atoms with E-state index in [1.165, 1.54) is 0 Å². The van der Waals surface area contributed by atoms with Gasteiger partial charge in [-0.05, 0) is 36.5 Å². The third kappa shape index (κ3) is 3.70. The molecule has 1 amide bonds. The SMILES string of the molecule is CCCCn1nccc1NC(=O)C1CC1c1ccc(Cl)c(Cl)c1. The second-order valence-electron chi connectivity index (χ2n) is 5.90. The van der Waals surface area contributed by atoms with Crippen LogP contribution < -0.4 is 5.32 Å². The van der Waals surface area contributed by atoms with Gasteiger partial charge in [0.2, 0.25) is 5.91 Å². The van der Waals surface area contributed by atoms with Crippen LogP contribution in [-0.2, 0) is 11.3 Å². The molecule has 1 aliphatic carbocycles. The number of unbranched alkanes of at least 4 members (excludes halogenated alkanes) is 1. The van der Waals surface area contributed by atoms with Crippen molar-refractivity contribution in [1.82, 2.24) is 9.78 Å². The van der Waals surface area contributed by atoms with Crippen molar-refractivity contribution in [3.63, 3.8) is 0 Å². The number of nitrogens with zero attached hydrogens (tertiary/aromatic N) is 2. The number of aromatic nitrogens is 2. The summed E-state index contributed by atoms with van der Waals surface area (Å²) in [6.45, 7) is 2.95. The molecular formula is C17H19Cl2N3O. The van der Waals surface area contributed by atoms with E-state index in [1.54, 1.807) is 12.3 Å². The molecular weight excluding hydrogens is 333 g/mol. The van der Waals surface area contributed by atoms with Crippen molar-refractivity contribution < 1.29 is 4.79 Å². The molecule has 0 radical (unpaired) electrons. The Morgan fingerprint density at radius 2 is 2.17 bits per heavy atom. The van der Waals surface area contributed by atoms with Crippen LogP contribution in [0.5, 0.6) is 0 Å². The number of nitrogens with one attached hydrogen (secondary N) is 1. The molecule has 0 spiro atoms. The largest absolute Gasteiger partial charge is 0.311 e. The van der Waals surface area contributed by atoms with E-state index >= 15 is 0 Å². The van der Waals surface area contributed by atoms with Crippen LogP contribution in [0.15, 0.2) is 30.5 Å². The molecule has 1 fully saturated rings. The van der Waals surface area contributed by atoms with Gasteiger partial charge in [-0.15, -0.1) is 0 Å². The predicted molar refractivity (Wildman–Crippen MR) is 93.1 cm³/mol. The van der Waals surface area contributed by atoms with E-state index in [2.05, 4.69) is 17.3 Å². The Kier molecular flexibility index (Phi) is 4.93. The molecule has 2 aromatic rings. The molecule has 3 rings (SSSR count). The van der Waals surface area contributed by atoms with Gasteiger partial charge in [0.1, 0.15) is 5.82 Å². The number of benzene rings is 1. The molecule has 1 aliphatic rings. The fraction of sp³-hybridized carbons (Fsp3) is 0.412. The molecule has 1 aromatic heterocycles. The molecule has 122 valence electrons. The number of halogens is 2. The number of hydrogen-bond donors (Lipinski definition) is 1. The molecule has 4 nitrogen and oxygen atoms in total. The van der Waals surface area contributed by atoms with Gasteiger partial charge < -0.3 is 5.32 Å². The molecule has 0 saturated heterocycles. The fourth-order valence-electron chi connectivity index (χ4n) is 2.74. The summed E-state index contributed by atoms with van der Waals surface area (Å²) < 4.78 is 1.85. The summed E-state index contributed by atoms with van der Waals surface area (Å²) >= 11 is 12.0. The van der Waals surface area contributed by atoms with Crippen molar-refractivity contribution >= 4 is 34.9 Å². The highest BCUT2D eigenvalue weighted by Crippen LogP contribution is 2.48. The minimum atomic E-state index is -0.0123. The topological polar surface area (TPSA) is 46.9 Å². The van der Waals surface area contributed by atoms with Crippen molar-refractivity contribution in [1.29, 1.82) is 0 Å². The van der Waals surface area contributed by atoms with Crippen molar-refractivity contribution in [2.45, 2.75) is 38.6 Å². The van der Waals surface area contributed by atoms with Crippen LogP contribution in [0.2, 0.25) is 10.0 Å². The first-order valence-corrected chi connectivity index (χ1v) is 8.63. The molecule has 0 aliphatic heterocycles. The second-order valence-corrected chi connectivity index (χ2v) is 6.72. The second kappa shape index (κ2) is 6.93. The fourth-order valence-corrected chi connectivity index (χ4v) is 3.05. The summed E-state index contributed by atoms with van der Waals surface area (Å²) in [5.74, 6) is 1.01. The van der Waals surface area contributed by atoms with E-state index in [9.17, 15) is 4.79 Å². The Hall–Kier alpha value is -1.52. The lowest BCUT2D eigenvalue weighted by molar-refractivity contribution is -0.117. The van der Waals surface area contributed by atoms with E-state index in [0.717, 1.165) is 37.2 Å². The van der Waals surface area contributed by atoms with Gasteiger partial charge in [0.25, 0.3) is 0 Å². The van der Waals surface area contributed by atoms with E-state index < -0.39 is 0 Å². The first kappa shape index (κ1) is 16.3. The Balaban J connectivity index is 1.62. The molecule has 2 atom stereocenters. The van der Waals surface area contributed by atoms with Crippen LogP contribution in [0.25, 0.3) is 0 Å². The lowest BCUT2D eigenvalue weighted by Crippen LogP contribution is -2.18. The number of hydrogen-bond acceptors (Lipinski definition) is 2. The molecule has 1 saturated carbocycles. The lowest BCUT2D eigenvalue weighted by atomic mass is 10.1. The number of carbonyl (C=O) groups excluding carboxylic acids is 1. The van der Waals surface area contributed by atoms with Crippen molar-refractivity contribution in [3.05, 3.63) is 46.1 Å². The summed E-state index contributed by atoms with van der Waals surface area (Å²) in [6.07, 6.45) is 4.69. The van der Waals surface area contributed by atoms with Crippen LogP contribution in [0.4, 0.5) is 5.82 Å². The van der Waals surface area contributed by atoms with Gasteiger partial charge in [0.15, 0.2) is 0 Å². The number of aryl methyl sites for hydroxylation is 1. The third-order valence-electron chi connectivity index (χ3n) is 4.19. The van der Waals surface area contributed by atoms with Crippen LogP contribution in [0, 0.1) is 5.92 Å². The molecule has 1 aromatic carbocycles. The summed E-state index contributed by atoms with van der Waals surface area (Å²) in [5.41, 5.74) is 1.07. The van der Waals surface area contributed by atoms with Crippen molar-refractivity contribution in [3.8, 4) is 0 Å². The molecule has 6 heteroatoms. The van der Waals surface area contributed by atoms with E-state index in [4.69, 9.17) is 23.2 Å². The first-order valence-electron chi connectivity index (χ1n) is 7.87. The number of amides is 1. The van der Waals surface area contributed by atoms with E-state index in [1.807, 2.05) is 22.9 Å². The summed E-state index contributed by atoms with van der Waals surface area (Å²) in [4.78, 5) is 12.4. The number of anilines is 1. The maximum absolute atomic E-state index is 12.4. The Morgan fingerprint density at radius 3 is 2.91 bits per heavy atom. The minimum absolute atomic E-state index is 0.0123. The highest BCUT2D eigenvalue weighted by atomic mass is 35.5. The normalized spacial score (nSPS) is 19.6. The number of carbonyl (C=O) groups is 1. The van der Waals surface area contributed by atoms with Crippen molar-refractivity contribution in [2.75, 3.05) is 5.32 Å². The molecule has 2 unspecified atom stereocenters. The average Bonchev–Trinajstić information content (AvgIpc) is 3.22. The van der Waals surface area contributed by atoms with Gasteiger partial charge in [0.05, 0.1) is 16.2 Å². The van der Waals surface area contributed by atoms with Gasteiger partial charge in [0, 0.05) is 18.5 Å². The maximum Gasteiger partial charge on any atom is 0.229 e. The average molecular weight is 352 g/mol. The van der Waals surface area contributed by atoms with Gasteiger partial charge in [-0.25, -0.2) is 4.68 Å². The van der Waals surface area contributed by atoms with Crippen LogP contribution >= 0.6 is 23.2 Å². The zero-order chi connectivity index (χ0) is 16.4. The van der Waals surface area contributed by atoms with E-state index in [-0.39, 0.29) is 17.7 Å². The standard InChI is InChI=1S/C17H19Cl2N3O/c1-2-3-8-22-16(6-7-20-22)21-17(23)13-10-12(13)11-4-5-14(18)15(19)9-11/h4-7,9,12-13H,2-3,8,10H2,1H3,(H,21,23). The number of rotatable bonds is 6. The molecule has 0 bridgehead atoms. The first-order chi connectivity index (χ1) is 11.1. The van der Waals surface area contributed by atoms with Gasteiger partial charge >= 0.3 is 0 Å². The Bertz CT molecular complexity index is 714. The van der Waals surface area contributed by atoms with Gasteiger partial charge in [-0.3, -0.25) is 4.79 Å². The monoisotopic (exact) mass is 351 g/mol. The molecule has 1 heterocycles. The summed E-state index contributed by atoms with van der Waals surface area (Å²) in [5, 5.41) is 8.32. The van der Waals surface area contributed by atoms with Crippen LogP contribution in [0.1, 0.15) is 37.7 Å². The Labute approximate surface area is 145 Å². The third-order valence-corrected chi connectivity index (χ3v) is 4.93. The molecule has 23 heavy (non-hydrogen) atoms. The minimum Gasteiger partial charge on any atom is -0.311 e. The highest BCUT2D eigenvalue weighted by molar-refractivity contribution is 6.42. The van der Waals surface area contributed by atoms with Gasteiger partial charge in [-0.1, -0.05) is 42.6 Å². The van der Waals surface area contributed by atoms with Crippen LogP contribution in [0.3, 0.4) is 0 Å². The smallest absolute Gasteiger partial charge is 0.229 e. The predicted octanol–water partition coefficient (Wildman–Crippen LogP) is 4.73. The van der Waals surface area contributed by atoms with Gasteiger partial charge in [-0.2, -0.15) is 5.10 Å². The zero-order valence-corrected chi connectivity index (χ0v) is 14.4. The zero-order valence-electron chi connectivity index (χ0n) is 12.9.